The van der Waals surface area contributed by atoms with Gasteiger partial charge in [-0.3, -0.25) is 0 Å². The van der Waals surface area contributed by atoms with Gasteiger partial charge in [-0.05, 0) is 23.8 Å². The van der Waals surface area contributed by atoms with Crippen LogP contribution in [0.4, 0.5) is 13.2 Å². The fraction of sp³-hybridized carbons (Fsp3) is 0.250. The number of rotatable bonds is 4. The maximum absolute atomic E-state index is 13.6. The van der Waals surface area contributed by atoms with Gasteiger partial charge < -0.3 is 14.6 Å². The van der Waals surface area contributed by atoms with Crippen molar-refractivity contribution in [2.45, 2.75) is 11.8 Å². The summed E-state index contributed by atoms with van der Waals surface area (Å²) in [6.45, 7) is 0. The van der Waals surface area contributed by atoms with Crippen molar-refractivity contribution in [2.24, 2.45) is 0 Å². The summed E-state index contributed by atoms with van der Waals surface area (Å²) in [5.41, 5.74) is -3.85. The molecule has 0 aliphatic heterocycles. The van der Waals surface area contributed by atoms with Crippen LogP contribution in [-0.4, -0.2) is 25.5 Å². The molecule has 0 aliphatic rings. The summed E-state index contributed by atoms with van der Waals surface area (Å²) in [5, 5.41) is 10.5. The van der Waals surface area contributed by atoms with Crippen LogP contribution >= 0.6 is 0 Å². The Morgan fingerprint density at radius 2 is 1.45 bits per heavy atom. The van der Waals surface area contributed by atoms with Gasteiger partial charge in [0, 0.05) is 5.56 Å². The summed E-state index contributed by atoms with van der Waals surface area (Å²) >= 11 is 0. The highest BCUT2D eigenvalue weighted by Crippen LogP contribution is 2.47. The van der Waals surface area contributed by atoms with E-state index in [1.165, 1.54) is 62.8 Å². The maximum atomic E-state index is 13.6. The molecule has 0 heterocycles. The molecule has 0 radical (unpaired) electrons. The predicted molar refractivity (Wildman–Crippen MR) is 75.0 cm³/mol. The second kappa shape index (κ2) is 5.88. The Morgan fingerprint density at radius 3 is 1.95 bits per heavy atom. The predicted octanol–water partition coefficient (Wildman–Crippen LogP) is 3.50. The van der Waals surface area contributed by atoms with Crippen LogP contribution in [0, 0.1) is 0 Å². The van der Waals surface area contributed by atoms with Crippen LogP contribution in [0.5, 0.6) is 11.5 Å². The topological polar surface area (TPSA) is 38.7 Å². The molecule has 0 saturated heterocycles. The summed E-state index contributed by atoms with van der Waals surface area (Å²) in [6, 6.07) is 10.6. The van der Waals surface area contributed by atoms with E-state index >= 15 is 0 Å². The summed E-state index contributed by atoms with van der Waals surface area (Å²) in [5.74, 6) is 0.353. The minimum atomic E-state index is -4.92. The zero-order valence-electron chi connectivity index (χ0n) is 12.0. The number of para-hydroxylation sites is 1. The normalized spacial score (nSPS) is 14.3. The van der Waals surface area contributed by atoms with Crippen LogP contribution in [-0.2, 0) is 5.60 Å². The third kappa shape index (κ3) is 2.62. The average molecular weight is 312 g/mol. The number of aliphatic hydroxyl groups is 1. The van der Waals surface area contributed by atoms with E-state index in [0.29, 0.717) is 5.75 Å². The van der Waals surface area contributed by atoms with Crippen molar-refractivity contribution in [3.63, 3.8) is 0 Å². The van der Waals surface area contributed by atoms with Crippen LogP contribution in [0.3, 0.4) is 0 Å². The lowest BCUT2D eigenvalue weighted by molar-refractivity contribution is -0.248. The number of halogens is 3. The first-order valence-electron chi connectivity index (χ1n) is 6.41. The fourth-order valence-electron chi connectivity index (χ4n) is 2.25. The molecule has 0 fully saturated rings. The molecule has 0 saturated carbocycles. The van der Waals surface area contributed by atoms with E-state index in [-0.39, 0.29) is 16.9 Å². The monoisotopic (exact) mass is 312 g/mol. The van der Waals surface area contributed by atoms with Crippen LogP contribution in [0.25, 0.3) is 0 Å². The van der Waals surface area contributed by atoms with Crippen LogP contribution in [0.15, 0.2) is 48.5 Å². The zero-order chi connectivity index (χ0) is 16.4. The van der Waals surface area contributed by atoms with Gasteiger partial charge in [0.05, 0.1) is 14.2 Å². The lowest BCUT2D eigenvalue weighted by atomic mass is 9.85. The van der Waals surface area contributed by atoms with E-state index in [2.05, 4.69) is 0 Å². The summed E-state index contributed by atoms with van der Waals surface area (Å²) in [7, 11) is 2.66. The zero-order valence-corrected chi connectivity index (χ0v) is 12.0. The van der Waals surface area contributed by atoms with Gasteiger partial charge in [0.15, 0.2) is 0 Å². The SMILES string of the molecule is COc1ccc(C(O)(c2ccccc2OC)C(F)(F)F)cc1. The molecule has 0 spiro atoms. The van der Waals surface area contributed by atoms with Crippen molar-refractivity contribution in [3.05, 3.63) is 59.7 Å². The highest BCUT2D eigenvalue weighted by molar-refractivity contribution is 5.47. The second-order valence-electron chi connectivity index (χ2n) is 4.64. The first-order chi connectivity index (χ1) is 10.3. The number of hydrogen-bond acceptors (Lipinski definition) is 3. The quantitative estimate of drug-likeness (QED) is 0.939. The third-order valence-electron chi connectivity index (χ3n) is 3.41. The number of hydrogen-bond donors (Lipinski definition) is 1. The number of ether oxygens (including phenoxy) is 2. The molecule has 6 heteroatoms. The minimum absolute atomic E-state index is 0.0434. The Bertz CT molecular complexity index is 638. The Morgan fingerprint density at radius 1 is 0.864 bits per heavy atom. The molecule has 0 aromatic heterocycles. The Labute approximate surface area is 125 Å². The van der Waals surface area contributed by atoms with E-state index in [1.54, 1.807) is 0 Å². The van der Waals surface area contributed by atoms with Crippen LogP contribution in [0.2, 0.25) is 0 Å². The van der Waals surface area contributed by atoms with Gasteiger partial charge in [0.25, 0.3) is 0 Å². The molecule has 1 unspecified atom stereocenters. The first kappa shape index (κ1) is 16.2. The lowest BCUT2D eigenvalue weighted by Gasteiger charge is -2.32. The first-order valence-corrected chi connectivity index (χ1v) is 6.41. The number of benzene rings is 2. The van der Waals surface area contributed by atoms with Crippen molar-refractivity contribution in [1.29, 1.82) is 0 Å². The highest BCUT2D eigenvalue weighted by Gasteiger charge is 2.57. The van der Waals surface area contributed by atoms with Gasteiger partial charge >= 0.3 is 6.18 Å². The molecule has 2 rings (SSSR count). The lowest BCUT2D eigenvalue weighted by Crippen LogP contribution is -2.43. The Hall–Kier alpha value is -2.21. The van der Waals surface area contributed by atoms with Gasteiger partial charge in [-0.2, -0.15) is 13.2 Å². The maximum Gasteiger partial charge on any atom is 0.425 e. The fourth-order valence-corrected chi connectivity index (χ4v) is 2.25. The van der Waals surface area contributed by atoms with E-state index in [0.717, 1.165) is 0 Å². The van der Waals surface area contributed by atoms with Gasteiger partial charge in [-0.15, -0.1) is 0 Å². The van der Waals surface area contributed by atoms with Crippen molar-refractivity contribution >= 4 is 0 Å². The molecule has 0 aliphatic carbocycles. The van der Waals surface area contributed by atoms with E-state index in [1.807, 2.05) is 0 Å². The molecular weight excluding hydrogens is 297 g/mol. The molecule has 118 valence electrons. The smallest absolute Gasteiger partial charge is 0.425 e. The van der Waals surface area contributed by atoms with Crippen molar-refractivity contribution < 1.29 is 27.8 Å². The molecule has 2 aromatic rings. The Kier molecular flexibility index (Phi) is 4.32. The summed E-state index contributed by atoms with van der Waals surface area (Å²) < 4.78 is 50.8. The second-order valence-corrected chi connectivity index (χ2v) is 4.64. The van der Waals surface area contributed by atoms with Crippen molar-refractivity contribution in [1.82, 2.24) is 0 Å². The molecular formula is C16H15F3O3. The molecule has 1 N–H and O–H groups in total. The summed E-state index contributed by atoms with van der Waals surface area (Å²) in [4.78, 5) is 0. The molecule has 2 aromatic carbocycles. The van der Waals surface area contributed by atoms with E-state index in [4.69, 9.17) is 9.47 Å². The largest absolute Gasteiger partial charge is 0.497 e. The molecule has 22 heavy (non-hydrogen) atoms. The van der Waals surface area contributed by atoms with Gasteiger partial charge in [0.2, 0.25) is 5.60 Å². The third-order valence-corrected chi connectivity index (χ3v) is 3.41. The van der Waals surface area contributed by atoms with Crippen molar-refractivity contribution in [3.8, 4) is 11.5 Å². The average Bonchev–Trinajstić information content (AvgIpc) is 2.53. The molecule has 1 atom stereocenters. The highest BCUT2D eigenvalue weighted by atomic mass is 19.4. The van der Waals surface area contributed by atoms with E-state index < -0.39 is 11.8 Å². The van der Waals surface area contributed by atoms with Crippen molar-refractivity contribution in [2.75, 3.05) is 14.2 Å². The minimum Gasteiger partial charge on any atom is -0.497 e. The Balaban J connectivity index is 2.67. The summed E-state index contributed by atoms with van der Waals surface area (Å²) in [6.07, 6.45) is -4.92. The molecule has 0 amide bonds. The van der Waals surface area contributed by atoms with Gasteiger partial charge in [0.1, 0.15) is 11.5 Å². The molecule has 0 bridgehead atoms. The molecule has 3 nitrogen and oxygen atoms in total. The standard InChI is InChI=1S/C16H15F3O3/c1-21-12-9-7-11(8-10-12)15(20,16(17,18)19)13-5-3-4-6-14(13)22-2/h3-10,20H,1-2H3. The van der Waals surface area contributed by atoms with Crippen LogP contribution < -0.4 is 9.47 Å². The number of alkyl halides is 3. The van der Waals surface area contributed by atoms with E-state index in [9.17, 15) is 18.3 Å². The van der Waals surface area contributed by atoms with Gasteiger partial charge in [-0.25, -0.2) is 0 Å². The van der Waals surface area contributed by atoms with Crippen LogP contribution in [0.1, 0.15) is 11.1 Å². The van der Waals surface area contributed by atoms with Gasteiger partial charge in [-0.1, -0.05) is 30.3 Å². The number of methoxy groups -OCH3 is 2.